The number of rotatable bonds is 2. The van der Waals surface area contributed by atoms with Gasteiger partial charge in [-0.25, -0.2) is 4.98 Å². The zero-order valence-corrected chi connectivity index (χ0v) is 7.03. The molecule has 0 aromatic carbocycles. The Morgan fingerprint density at radius 1 is 1.54 bits per heavy atom. The number of pyridine rings is 1. The minimum absolute atomic E-state index is 0.0420. The molecule has 1 aromatic heterocycles. The van der Waals surface area contributed by atoms with E-state index in [1.165, 1.54) is 0 Å². The van der Waals surface area contributed by atoms with Gasteiger partial charge in [0.2, 0.25) is 0 Å². The van der Waals surface area contributed by atoms with Crippen molar-refractivity contribution in [2.75, 3.05) is 6.61 Å². The average Bonchev–Trinajstić information content (AvgIpc) is 2.19. The summed E-state index contributed by atoms with van der Waals surface area (Å²) in [6.07, 6.45) is 1.10. The second-order valence-electron chi connectivity index (χ2n) is 2.34. The quantitative estimate of drug-likeness (QED) is 0.529. The highest BCUT2D eigenvalue weighted by Gasteiger charge is 1.91. The molecule has 0 bridgehead atoms. The highest BCUT2D eigenvalue weighted by molar-refractivity contribution is 5.71. The topological polar surface area (TPSA) is 50.2 Å². The monoisotopic (exact) mass is 175 g/mol. The van der Waals surface area contributed by atoms with Crippen LogP contribution in [-0.4, -0.2) is 23.0 Å². The Hall–Kier alpha value is -1.66. The van der Waals surface area contributed by atoms with Gasteiger partial charge in [0.15, 0.2) is 6.29 Å². The van der Waals surface area contributed by atoms with E-state index >= 15 is 0 Å². The standard InChI is InChI=1S/C10H9NO2/c12-7-2-1-4-9-5-3-6-10(8-13)11-9/h3,5-6,8,12H,2,7H2. The second kappa shape index (κ2) is 5.07. The summed E-state index contributed by atoms with van der Waals surface area (Å²) in [6.45, 7) is 0.0420. The maximum absolute atomic E-state index is 10.3. The number of hydrogen-bond acceptors (Lipinski definition) is 3. The molecule has 1 rings (SSSR count). The summed E-state index contributed by atoms with van der Waals surface area (Å²) in [4.78, 5) is 14.3. The van der Waals surface area contributed by atoms with Gasteiger partial charge in [0.25, 0.3) is 0 Å². The number of aromatic nitrogens is 1. The van der Waals surface area contributed by atoms with E-state index in [0.717, 1.165) is 0 Å². The zero-order chi connectivity index (χ0) is 9.52. The fourth-order valence-corrected chi connectivity index (χ4v) is 0.796. The first-order valence-electron chi connectivity index (χ1n) is 3.89. The van der Waals surface area contributed by atoms with Crippen LogP contribution in [0.1, 0.15) is 22.6 Å². The molecular formula is C10H9NO2. The van der Waals surface area contributed by atoms with E-state index in [9.17, 15) is 4.79 Å². The summed E-state index contributed by atoms with van der Waals surface area (Å²) in [5.74, 6) is 5.46. The lowest BCUT2D eigenvalue weighted by Crippen LogP contribution is -1.89. The Morgan fingerprint density at radius 3 is 3.08 bits per heavy atom. The number of aliphatic hydroxyl groups is 1. The molecule has 13 heavy (non-hydrogen) atoms. The van der Waals surface area contributed by atoms with Crippen LogP contribution in [0, 0.1) is 11.8 Å². The highest BCUT2D eigenvalue weighted by Crippen LogP contribution is 1.94. The Kier molecular flexibility index (Phi) is 3.68. The number of aliphatic hydroxyl groups excluding tert-OH is 1. The van der Waals surface area contributed by atoms with Crippen LogP contribution in [0.4, 0.5) is 0 Å². The van der Waals surface area contributed by atoms with Gasteiger partial charge < -0.3 is 5.11 Å². The Bertz CT molecular complexity index is 349. The molecule has 0 aliphatic rings. The normalized spacial score (nSPS) is 8.69. The maximum Gasteiger partial charge on any atom is 0.168 e. The molecular weight excluding hydrogens is 166 g/mol. The van der Waals surface area contributed by atoms with Crippen LogP contribution >= 0.6 is 0 Å². The average molecular weight is 175 g/mol. The van der Waals surface area contributed by atoms with E-state index in [1.54, 1.807) is 18.2 Å². The van der Waals surface area contributed by atoms with Crippen molar-refractivity contribution in [3.05, 3.63) is 29.6 Å². The van der Waals surface area contributed by atoms with Crippen molar-refractivity contribution < 1.29 is 9.90 Å². The van der Waals surface area contributed by atoms with Crippen molar-refractivity contribution in [1.82, 2.24) is 4.98 Å². The fraction of sp³-hybridized carbons (Fsp3) is 0.200. The van der Waals surface area contributed by atoms with E-state index in [-0.39, 0.29) is 6.61 Å². The Balaban J connectivity index is 2.79. The Labute approximate surface area is 76.4 Å². The van der Waals surface area contributed by atoms with Crippen molar-refractivity contribution in [3.63, 3.8) is 0 Å². The van der Waals surface area contributed by atoms with Gasteiger partial charge in [-0.05, 0) is 18.1 Å². The number of hydrogen-bond donors (Lipinski definition) is 1. The van der Waals surface area contributed by atoms with Crippen LogP contribution in [0.15, 0.2) is 18.2 Å². The summed E-state index contributed by atoms with van der Waals surface area (Å²) in [6, 6.07) is 5.06. The lowest BCUT2D eigenvalue weighted by Gasteiger charge is -1.90. The van der Waals surface area contributed by atoms with Gasteiger partial charge in [0.05, 0.1) is 6.61 Å². The molecule has 0 amide bonds. The molecule has 0 spiro atoms. The lowest BCUT2D eigenvalue weighted by molar-refractivity contribution is 0.111. The smallest absolute Gasteiger partial charge is 0.168 e. The molecule has 3 heteroatoms. The Morgan fingerprint density at radius 2 is 2.38 bits per heavy atom. The number of carbonyl (C=O) groups is 1. The third kappa shape index (κ3) is 3.06. The van der Waals surface area contributed by atoms with Crippen molar-refractivity contribution in [3.8, 4) is 11.8 Å². The fourth-order valence-electron chi connectivity index (χ4n) is 0.796. The molecule has 1 aromatic rings. The zero-order valence-electron chi connectivity index (χ0n) is 7.03. The summed E-state index contributed by atoms with van der Waals surface area (Å²) in [5, 5.41) is 8.47. The molecule has 1 N–H and O–H groups in total. The third-order valence-electron chi connectivity index (χ3n) is 1.34. The first-order chi connectivity index (χ1) is 6.36. The molecule has 0 radical (unpaired) electrons. The van der Waals surface area contributed by atoms with Crippen molar-refractivity contribution in [1.29, 1.82) is 0 Å². The SMILES string of the molecule is O=Cc1cccc(C#CCCO)n1. The largest absolute Gasteiger partial charge is 0.395 e. The molecule has 0 saturated carbocycles. The van der Waals surface area contributed by atoms with Gasteiger partial charge in [-0.2, -0.15) is 0 Å². The molecule has 0 atom stereocenters. The van der Waals surface area contributed by atoms with Gasteiger partial charge >= 0.3 is 0 Å². The van der Waals surface area contributed by atoms with Gasteiger partial charge in [0.1, 0.15) is 11.4 Å². The molecule has 66 valence electrons. The maximum atomic E-state index is 10.3. The van der Waals surface area contributed by atoms with Crippen molar-refractivity contribution in [2.45, 2.75) is 6.42 Å². The molecule has 0 saturated heterocycles. The third-order valence-corrected chi connectivity index (χ3v) is 1.34. The van der Waals surface area contributed by atoms with E-state index in [4.69, 9.17) is 5.11 Å². The first kappa shape index (κ1) is 9.43. The molecule has 0 aliphatic heterocycles. The summed E-state index contributed by atoms with van der Waals surface area (Å²) in [5.41, 5.74) is 0.925. The predicted octanol–water partition coefficient (Wildman–Crippen LogP) is 0.628. The minimum Gasteiger partial charge on any atom is -0.395 e. The van der Waals surface area contributed by atoms with E-state index in [2.05, 4.69) is 16.8 Å². The van der Waals surface area contributed by atoms with Crippen LogP contribution < -0.4 is 0 Å². The van der Waals surface area contributed by atoms with Crippen molar-refractivity contribution >= 4 is 6.29 Å². The second-order valence-corrected chi connectivity index (χ2v) is 2.34. The predicted molar refractivity (Wildman–Crippen MR) is 48.2 cm³/mol. The molecule has 0 fully saturated rings. The van der Waals surface area contributed by atoms with Gasteiger partial charge in [-0.3, -0.25) is 4.79 Å². The highest BCUT2D eigenvalue weighted by atomic mass is 16.2. The van der Waals surface area contributed by atoms with E-state index in [0.29, 0.717) is 24.1 Å². The first-order valence-corrected chi connectivity index (χ1v) is 3.89. The lowest BCUT2D eigenvalue weighted by atomic mass is 10.3. The number of nitrogens with zero attached hydrogens (tertiary/aromatic N) is 1. The van der Waals surface area contributed by atoms with Crippen LogP contribution in [-0.2, 0) is 0 Å². The van der Waals surface area contributed by atoms with Gasteiger partial charge in [-0.1, -0.05) is 12.0 Å². The molecule has 0 aliphatic carbocycles. The molecule has 3 nitrogen and oxygen atoms in total. The van der Waals surface area contributed by atoms with Crippen molar-refractivity contribution in [2.24, 2.45) is 0 Å². The minimum atomic E-state index is 0.0420. The van der Waals surface area contributed by atoms with Crippen LogP contribution in [0.25, 0.3) is 0 Å². The summed E-state index contributed by atoms with van der Waals surface area (Å²) in [7, 11) is 0. The van der Waals surface area contributed by atoms with E-state index in [1.807, 2.05) is 0 Å². The molecule has 1 heterocycles. The molecule has 0 unspecified atom stereocenters. The van der Waals surface area contributed by atoms with Gasteiger partial charge in [0, 0.05) is 6.42 Å². The van der Waals surface area contributed by atoms with Crippen LogP contribution in [0.3, 0.4) is 0 Å². The number of aldehydes is 1. The number of carbonyl (C=O) groups excluding carboxylic acids is 1. The van der Waals surface area contributed by atoms with Gasteiger partial charge in [-0.15, -0.1) is 0 Å². The summed E-state index contributed by atoms with van der Waals surface area (Å²) < 4.78 is 0. The van der Waals surface area contributed by atoms with Crippen LogP contribution in [0.2, 0.25) is 0 Å². The van der Waals surface area contributed by atoms with Crippen LogP contribution in [0.5, 0.6) is 0 Å². The van der Waals surface area contributed by atoms with E-state index < -0.39 is 0 Å². The summed E-state index contributed by atoms with van der Waals surface area (Å²) >= 11 is 0.